The minimum absolute atomic E-state index is 0.263. The first-order valence-electron chi connectivity index (χ1n) is 5.51. The van der Waals surface area contributed by atoms with Crippen LogP contribution in [-0.2, 0) is 14.3 Å². The predicted molar refractivity (Wildman–Crippen MR) is 59.6 cm³/mol. The van der Waals surface area contributed by atoms with E-state index in [2.05, 4.69) is 5.32 Å². The van der Waals surface area contributed by atoms with E-state index < -0.39 is 37.7 Å². The standard InChI is InChI=1S/C10H17F3N2O4/c1-19-4-2-3-14-8(16)5-15(6-9(17)18)7-10(11,12)13/h2-7H2,1H3,(H,14,16)(H,17,18). The Hall–Kier alpha value is -1.35. The van der Waals surface area contributed by atoms with E-state index in [0.717, 1.165) is 0 Å². The third-order valence-corrected chi connectivity index (χ3v) is 1.98. The molecule has 0 saturated carbocycles. The fraction of sp³-hybridized carbons (Fsp3) is 0.800. The summed E-state index contributed by atoms with van der Waals surface area (Å²) in [4.78, 5) is 22.3. The summed E-state index contributed by atoms with van der Waals surface area (Å²) in [5.41, 5.74) is 0. The lowest BCUT2D eigenvalue weighted by molar-refractivity contribution is -0.155. The van der Waals surface area contributed by atoms with Gasteiger partial charge in [0.25, 0.3) is 0 Å². The van der Waals surface area contributed by atoms with Gasteiger partial charge in [-0.2, -0.15) is 13.2 Å². The van der Waals surface area contributed by atoms with Crippen molar-refractivity contribution >= 4 is 11.9 Å². The first-order chi connectivity index (χ1) is 8.74. The van der Waals surface area contributed by atoms with Gasteiger partial charge < -0.3 is 15.2 Å². The normalized spacial score (nSPS) is 11.6. The first kappa shape index (κ1) is 17.6. The minimum Gasteiger partial charge on any atom is -0.480 e. The van der Waals surface area contributed by atoms with Gasteiger partial charge in [0, 0.05) is 20.3 Å². The van der Waals surface area contributed by atoms with Crippen molar-refractivity contribution in [3.8, 4) is 0 Å². The molecule has 0 saturated heterocycles. The lowest BCUT2D eigenvalue weighted by atomic mass is 10.4. The van der Waals surface area contributed by atoms with Crippen molar-refractivity contribution < 1.29 is 32.6 Å². The Morgan fingerprint density at radius 3 is 2.42 bits per heavy atom. The molecule has 0 aromatic heterocycles. The van der Waals surface area contributed by atoms with Gasteiger partial charge in [-0.1, -0.05) is 0 Å². The van der Waals surface area contributed by atoms with Crippen molar-refractivity contribution in [3.63, 3.8) is 0 Å². The van der Waals surface area contributed by atoms with Crippen LogP contribution in [0.2, 0.25) is 0 Å². The summed E-state index contributed by atoms with van der Waals surface area (Å²) in [6, 6.07) is 0. The summed E-state index contributed by atoms with van der Waals surface area (Å²) in [7, 11) is 1.49. The van der Waals surface area contributed by atoms with Crippen molar-refractivity contribution in [2.45, 2.75) is 12.6 Å². The lowest BCUT2D eigenvalue weighted by Gasteiger charge is -2.21. The highest BCUT2D eigenvalue weighted by Crippen LogP contribution is 2.16. The van der Waals surface area contributed by atoms with Crippen molar-refractivity contribution in [2.75, 3.05) is 39.9 Å². The zero-order chi connectivity index (χ0) is 14.9. The zero-order valence-electron chi connectivity index (χ0n) is 10.5. The van der Waals surface area contributed by atoms with Gasteiger partial charge in [-0.15, -0.1) is 0 Å². The molecule has 0 aliphatic rings. The summed E-state index contributed by atoms with van der Waals surface area (Å²) >= 11 is 0. The Morgan fingerprint density at radius 2 is 1.95 bits per heavy atom. The Bertz CT molecular complexity index is 297. The third-order valence-electron chi connectivity index (χ3n) is 1.98. The van der Waals surface area contributed by atoms with E-state index in [0.29, 0.717) is 17.9 Å². The number of nitrogens with one attached hydrogen (secondary N) is 1. The smallest absolute Gasteiger partial charge is 0.401 e. The molecule has 0 heterocycles. The van der Waals surface area contributed by atoms with Gasteiger partial charge in [0.2, 0.25) is 5.91 Å². The molecular formula is C10H17F3N2O4. The second-order valence-corrected chi connectivity index (χ2v) is 3.85. The van der Waals surface area contributed by atoms with Crippen molar-refractivity contribution in [1.82, 2.24) is 10.2 Å². The summed E-state index contributed by atoms with van der Waals surface area (Å²) in [5, 5.41) is 10.9. The molecule has 0 bridgehead atoms. The molecule has 0 atom stereocenters. The number of carbonyl (C=O) groups excluding carboxylic acids is 1. The van der Waals surface area contributed by atoms with E-state index in [1.54, 1.807) is 0 Å². The van der Waals surface area contributed by atoms with Crippen LogP contribution in [0.1, 0.15) is 6.42 Å². The minimum atomic E-state index is -4.55. The Labute approximate surface area is 108 Å². The maximum absolute atomic E-state index is 12.2. The van der Waals surface area contributed by atoms with E-state index in [9.17, 15) is 22.8 Å². The van der Waals surface area contributed by atoms with Crippen LogP contribution >= 0.6 is 0 Å². The van der Waals surface area contributed by atoms with E-state index in [1.165, 1.54) is 7.11 Å². The van der Waals surface area contributed by atoms with Crippen LogP contribution in [0.3, 0.4) is 0 Å². The second kappa shape index (κ2) is 8.70. The highest BCUT2D eigenvalue weighted by atomic mass is 19.4. The molecule has 19 heavy (non-hydrogen) atoms. The van der Waals surface area contributed by atoms with E-state index in [1.807, 2.05) is 0 Å². The van der Waals surface area contributed by atoms with Crippen LogP contribution in [-0.4, -0.2) is 68.0 Å². The van der Waals surface area contributed by atoms with Crippen LogP contribution in [0, 0.1) is 0 Å². The number of aliphatic carboxylic acids is 1. The van der Waals surface area contributed by atoms with Crippen LogP contribution in [0.5, 0.6) is 0 Å². The quantitative estimate of drug-likeness (QED) is 0.587. The summed E-state index contributed by atoms with van der Waals surface area (Å²) < 4.78 is 41.3. The molecule has 112 valence electrons. The van der Waals surface area contributed by atoms with E-state index in [4.69, 9.17) is 9.84 Å². The number of carboxylic acid groups (broad SMARTS) is 1. The largest absolute Gasteiger partial charge is 0.480 e. The Balaban J connectivity index is 4.15. The van der Waals surface area contributed by atoms with E-state index >= 15 is 0 Å². The van der Waals surface area contributed by atoms with Crippen molar-refractivity contribution in [2.24, 2.45) is 0 Å². The molecule has 6 nitrogen and oxygen atoms in total. The van der Waals surface area contributed by atoms with Crippen LogP contribution in [0.25, 0.3) is 0 Å². The molecule has 0 fully saturated rings. The second-order valence-electron chi connectivity index (χ2n) is 3.85. The number of carboxylic acids is 1. The number of hydrogen-bond acceptors (Lipinski definition) is 4. The van der Waals surface area contributed by atoms with Gasteiger partial charge in [0.05, 0.1) is 19.6 Å². The van der Waals surface area contributed by atoms with Crippen molar-refractivity contribution in [1.29, 1.82) is 0 Å². The van der Waals surface area contributed by atoms with Gasteiger partial charge in [-0.25, -0.2) is 0 Å². The monoisotopic (exact) mass is 286 g/mol. The highest BCUT2D eigenvalue weighted by Gasteiger charge is 2.32. The fourth-order valence-corrected chi connectivity index (χ4v) is 1.32. The zero-order valence-corrected chi connectivity index (χ0v) is 10.5. The molecular weight excluding hydrogens is 269 g/mol. The number of nitrogens with zero attached hydrogens (tertiary/aromatic N) is 1. The molecule has 0 aliphatic carbocycles. The maximum Gasteiger partial charge on any atom is 0.401 e. The summed E-state index contributed by atoms with van der Waals surface area (Å²) in [6.45, 7) is -2.21. The van der Waals surface area contributed by atoms with Gasteiger partial charge in [0.1, 0.15) is 0 Å². The first-order valence-corrected chi connectivity index (χ1v) is 5.51. The topological polar surface area (TPSA) is 78.9 Å². The number of alkyl halides is 3. The molecule has 0 aromatic rings. The number of hydrogen-bond donors (Lipinski definition) is 2. The average Bonchev–Trinajstić information content (AvgIpc) is 2.20. The van der Waals surface area contributed by atoms with Crippen LogP contribution < -0.4 is 5.32 Å². The summed E-state index contributed by atoms with van der Waals surface area (Å²) in [5.74, 6) is -2.07. The maximum atomic E-state index is 12.2. The van der Waals surface area contributed by atoms with E-state index in [-0.39, 0.29) is 6.54 Å². The Kier molecular flexibility index (Phi) is 8.08. The molecule has 0 radical (unpaired) electrons. The molecule has 0 unspecified atom stereocenters. The number of halogens is 3. The van der Waals surface area contributed by atoms with Gasteiger partial charge in [-0.3, -0.25) is 14.5 Å². The van der Waals surface area contributed by atoms with Crippen LogP contribution in [0.4, 0.5) is 13.2 Å². The molecule has 2 N–H and O–H groups in total. The average molecular weight is 286 g/mol. The molecule has 0 rings (SSSR count). The highest BCUT2D eigenvalue weighted by molar-refractivity contribution is 5.79. The van der Waals surface area contributed by atoms with Crippen molar-refractivity contribution in [3.05, 3.63) is 0 Å². The third kappa shape index (κ3) is 11.5. The molecule has 0 spiro atoms. The van der Waals surface area contributed by atoms with Gasteiger partial charge in [0.15, 0.2) is 0 Å². The fourth-order valence-electron chi connectivity index (χ4n) is 1.32. The lowest BCUT2D eigenvalue weighted by Crippen LogP contribution is -2.44. The predicted octanol–water partition coefficient (Wildman–Crippen LogP) is 0.0880. The molecule has 0 aliphatic heterocycles. The Morgan fingerprint density at radius 1 is 1.32 bits per heavy atom. The summed E-state index contributed by atoms with van der Waals surface area (Å²) in [6.07, 6.45) is -4.02. The number of amides is 1. The molecule has 0 aromatic carbocycles. The number of rotatable bonds is 9. The number of ether oxygens (including phenoxy) is 1. The molecule has 9 heteroatoms. The van der Waals surface area contributed by atoms with Crippen LogP contribution in [0.15, 0.2) is 0 Å². The van der Waals surface area contributed by atoms with Gasteiger partial charge in [-0.05, 0) is 6.42 Å². The number of methoxy groups -OCH3 is 1. The molecule has 1 amide bonds. The SMILES string of the molecule is COCCCNC(=O)CN(CC(=O)O)CC(F)(F)F. The number of carbonyl (C=O) groups is 2. The van der Waals surface area contributed by atoms with Gasteiger partial charge >= 0.3 is 12.1 Å².